The summed E-state index contributed by atoms with van der Waals surface area (Å²) < 4.78 is 78.0. The molecular formula is C70H68F6N8O2. The second-order valence-corrected chi connectivity index (χ2v) is 22.7. The van der Waals surface area contributed by atoms with Gasteiger partial charge in [-0.25, -0.2) is 9.97 Å². The number of halogens is 6. The van der Waals surface area contributed by atoms with Crippen molar-refractivity contribution in [3.8, 4) is 11.8 Å². The van der Waals surface area contributed by atoms with Gasteiger partial charge in [-0.15, -0.1) is 0 Å². The van der Waals surface area contributed by atoms with Gasteiger partial charge >= 0.3 is 12.4 Å². The summed E-state index contributed by atoms with van der Waals surface area (Å²) in [6.07, 6.45) is 4.09. The first-order chi connectivity index (χ1) is 41.7. The first-order valence-electron chi connectivity index (χ1n) is 29.7. The van der Waals surface area contributed by atoms with Crippen LogP contribution in [0.1, 0.15) is 117 Å². The van der Waals surface area contributed by atoms with E-state index in [-0.39, 0.29) is 37.0 Å². The molecule has 8 aromatic rings. The van der Waals surface area contributed by atoms with E-state index >= 15 is 0 Å². The summed E-state index contributed by atoms with van der Waals surface area (Å²) in [6.45, 7) is 8.12. The lowest BCUT2D eigenvalue weighted by Gasteiger charge is -2.29. The van der Waals surface area contributed by atoms with Gasteiger partial charge in [0.2, 0.25) is 0 Å². The Morgan fingerprint density at radius 3 is 1.41 bits per heavy atom. The number of alkyl halides is 6. The second-order valence-electron chi connectivity index (χ2n) is 22.7. The molecule has 2 amide bonds. The standard InChI is InChI=1S/C35H35F3N4O.C35H33F3N4O/c2*36-35(37,38)28-15-12-27(13-16-28)23-39-33-22-31(34(43)42-20-6-9-29(42)24-41-18-4-5-19-41)30-21-26(14-17-32(30)40-33)11-10-25-7-2-1-3-8-25/h1-3,7-8,10-17,21-22,29H,4-6,9,18-20,23-24H2,(H,39,40);1-3,7-8,12-17,21-22,29H,4-6,9,18-20,23-24H2,(H,39,40)/b11-10+;/t2*29-/m00/s1. The van der Waals surface area contributed by atoms with Crippen molar-refractivity contribution in [2.45, 2.75) is 88.9 Å². The zero-order chi connectivity index (χ0) is 59.6. The number of nitrogens with one attached hydrogen (secondary N) is 2. The molecule has 4 aliphatic rings. The number of nitrogens with zero attached hydrogens (tertiary/aromatic N) is 6. The van der Waals surface area contributed by atoms with Crippen LogP contribution in [0.2, 0.25) is 0 Å². The number of fused-ring (bicyclic) bond motifs is 2. The number of carbonyl (C=O) groups is 2. The maximum atomic E-state index is 14.2. The summed E-state index contributed by atoms with van der Waals surface area (Å²) in [5.74, 6) is 7.38. The smallest absolute Gasteiger partial charge is 0.366 e. The third-order valence-electron chi connectivity index (χ3n) is 16.6. The van der Waals surface area contributed by atoms with Gasteiger partial charge in [0.25, 0.3) is 11.8 Å². The molecule has 0 unspecified atom stereocenters. The van der Waals surface area contributed by atoms with Gasteiger partial charge in [-0.05, 0) is 179 Å². The van der Waals surface area contributed by atoms with Crippen LogP contribution in [-0.4, -0.2) is 106 Å². The molecule has 0 radical (unpaired) electrons. The average Bonchev–Trinajstić information content (AvgIpc) is 2.01. The van der Waals surface area contributed by atoms with Crippen molar-refractivity contribution < 1.29 is 35.9 Å². The first-order valence-corrected chi connectivity index (χ1v) is 29.7. The molecular weight excluding hydrogens is 1100 g/mol. The van der Waals surface area contributed by atoms with Crippen molar-refractivity contribution in [1.29, 1.82) is 0 Å². The van der Waals surface area contributed by atoms with Gasteiger partial charge in [-0.2, -0.15) is 26.3 Å². The van der Waals surface area contributed by atoms with Gasteiger partial charge in [0.1, 0.15) is 11.6 Å². The summed E-state index contributed by atoms with van der Waals surface area (Å²) in [5.41, 5.74) is 6.22. The van der Waals surface area contributed by atoms with E-state index in [1.165, 1.54) is 49.9 Å². The molecule has 4 saturated heterocycles. The number of hydrogen-bond acceptors (Lipinski definition) is 8. The molecule has 2 aromatic heterocycles. The summed E-state index contributed by atoms with van der Waals surface area (Å²) >= 11 is 0. The number of carbonyl (C=O) groups excluding carboxylic acids is 2. The van der Waals surface area contributed by atoms with Crippen molar-refractivity contribution in [3.63, 3.8) is 0 Å². The largest absolute Gasteiger partial charge is 0.416 e. The van der Waals surface area contributed by atoms with Crippen molar-refractivity contribution in [2.75, 3.05) is 63.0 Å². The monoisotopic (exact) mass is 1170 g/mol. The highest BCUT2D eigenvalue weighted by Gasteiger charge is 2.35. The van der Waals surface area contributed by atoms with Crippen LogP contribution in [0, 0.1) is 11.8 Å². The Morgan fingerprint density at radius 2 is 0.919 bits per heavy atom. The molecule has 6 aromatic carbocycles. The highest BCUT2D eigenvalue weighted by atomic mass is 19.4. The van der Waals surface area contributed by atoms with Crippen LogP contribution in [0.25, 0.3) is 34.0 Å². The SMILES string of the molecule is O=C(c1cc(NCc2ccc(C(F)(F)F)cc2)nc2ccc(/C=C/c3ccccc3)cc12)N1CCC[C@H]1CN1CCCC1.O=C(c1cc(NCc2ccc(C(F)(F)F)cc2)nc2ccc(C#Cc3ccccc3)cc12)N1CCC[C@H]1CN1CCCC1. The third kappa shape index (κ3) is 14.9. The number of aromatic nitrogens is 2. The van der Waals surface area contributed by atoms with Crippen LogP contribution < -0.4 is 10.6 Å². The molecule has 6 heterocycles. The number of pyridine rings is 2. The van der Waals surface area contributed by atoms with Gasteiger partial charge in [0.15, 0.2) is 0 Å². The minimum Gasteiger partial charge on any atom is -0.366 e. The Hall–Kier alpha value is -8.52. The average molecular weight is 1170 g/mol. The van der Waals surface area contributed by atoms with Gasteiger partial charge in [-0.3, -0.25) is 9.59 Å². The van der Waals surface area contributed by atoms with E-state index in [0.717, 1.165) is 129 Å². The maximum absolute atomic E-state index is 14.2. The molecule has 0 spiro atoms. The zero-order valence-electron chi connectivity index (χ0n) is 47.8. The van der Waals surface area contributed by atoms with Gasteiger partial charge in [0, 0.05) is 73.3 Å². The minimum atomic E-state index is -4.38. The number of hydrogen-bond donors (Lipinski definition) is 2. The van der Waals surface area contributed by atoms with Crippen molar-refractivity contribution >= 4 is 57.4 Å². The van der Waals surface area contributed by atoms with E-state index in [4.69, 9.17) is 9.97 Å². The molecule has 4 fully saturated rings. The minimum absolute atomic E-state index is 0.00383. The van der Waals surface area contributed by atoms with Crippen LogP contribution in [-0.2, 0) is 25.4 Å². The summed E-state index contributed by atoms with van der Waals surface area (Å²) in [5, 5.41) is 7.99. The van der Waals surface area contributed by atoms with E-state index in [1.807, 2.05) is 119 Å². The molecule has 0 bridgehead atoms. The number of benzene rings is 6. The van der Waals surface area contributed by atoms with E-state index in [9.17, 15) is 35.9 Å². The Morgan fingerprint density at radius 1 is 0.477 bits per heavy atom. The first kappa shape index (κ1) is 59.2. The van der Waals surface area contributed by atoms with Crippen LogP contribution >= 0.6 is 0 Å². The normalized spacial score (nSPS) is 17.5. The van der Waals surface area contributed by atoms with E-state index in [1.54, 1.807) is 12.1 Å². The Balaban J connectivity index is 0.000000179. The topological polar surface area (TPSA) is 96.9 Å². The lowest BCUT2D eigenvalue weighted by atomic mass is 10.0. The fourth-order valence-corrected chi connectivity index (χ4v) is 12.0. The van der Waals surface area contributed by atoms with Crippen LogP contribution in [0.3, 0.4) is 0 Å². The number of likely N-dealkylation sites (tertiary alicyclic amines) is 4. The van der Waals surface area contributed by atoms with Gasteiger partial charge in [-0.1, -0.05) is 103 Å². The highest BCUT2D eigenvalue weighted by Crippen LogP contribution is 2.34. The van der Waals surface area contributed by atoms with Crippen molar-refractivity contribution in [1.82, 2.24) is 29.6 Å². The number of amides is 2. The Labute approximate surface area is 497 Å². The van der Waals surface area contributed by atoms with Gasteiger partial charge < -0.3 is 30.2 Å². The van der Waals surface area contributed by atoms with E-state index < -0.39 is 23.5 Å². The third-order valence-corrected chi connectivity index (χ3v) is 16.6. The predicted molar refractivity (Wildman–Crippen MR) is 328 cm³/mol. The molecule has 12 rings (SSSR count). The summed E-state index contributed by atoms with van der Waals surface area (Å²) in [7, 11) is 0. The zero-order valence-corrected chi connectivity index (χ0v) is 47.8. The molecule has 442 valence electrons. The molecule has 2 N–H and O–H groups in total. The fraction of sp³-hybridized carbons (Fsp3) is 0.314. The molecule has 0 aliphatic carbocycles. The quantitative estimate of drug-likeness (QED) is 0.0631. The fourth-order valence-electron chi connectivity index (χ4n) is 12.0. The summed E-state index contributed by atoms with van der Waals surface area (Å²) in [6, 6.07) is 45.4. The number of rotatable bonds is 14. The lowest BCUT2D eigenvalue weighted by molar-refractivity contribution is -0.138. The lowest BCUT2D eigenvalue weighted by Crippen LogP contribution is -2.42. The van der Waals surface area contributed by atoms with Gasteiger partial charge in [0.05, 0.1) is 33.3 Å². The van der Waals surface area contributed by atoms with E-state index in [0.29, 0.717) is 51.5 Å². The van der Waals surface area contributed by atoms with Crippen LogP contribution in [0.4, 0.5) is 38.0 Å². The van der Waals surface area contributed by atoms with Crippen LogP contribution in [0.5, 0.6) is 0 Å². The molecule has 2 atom stereocenters. The molecule has 10 nitrogen and oxygen atoms in total. The Bertz CT molecular complexity index is 3740. The molecule has 0 saturated carbocycles. The van der Waals surface area contributed by atoms with E-state index in [2.05, 4.69) is 32.3 Å². The number of anilines is 2. The second kappa shape index (κ2) is 26.8. The molecule has 4 aliphatic heterocycles. The molecule has 16 heteroatoms. The van der Waals surface area contributed by atoms with Crippen molar-refractivity contribution in [3.05, 3.63) is 213 Å². The van der Waals surface area contributed by atoms with Crippen LogP contribution in [0.15, 0.2) is 158 Å². The highest BCUT2D eigenvalue weighted by molar-refractivity contribution is 6.08. The predicted octanol–water partition coefficient (Wildman–Crippen LogP) is 14.7. The van der Waals surface area contributed by atoms with Crippen molar-refractivity contribution in [2.24, 2.45) is 0 Å². The Kier molecular flexibility index (Phi) is 18.5. The maximum Gasteiger partial charge on any atom is 0.416 e. The summed E-state index contributed by atoms with van der Waals surface area (Å²) in [4.78, 5) is 46.9. The molecule has 86 heavy (non-hydrogen) atoms.